The molecule has 5 heteroatoms. The molecule has 1 saturated heterocycles. The predicted molar refractivity (Wildman–Crippen MR) is 71.0 cm³/mol. The van der Waals surface area contributed by atoms with E-state index in [1.807, 2.05) is 0 Å². The van der Waals surface area contributed by atoms with Crippen molar-refractivity contribution in [2.24, 2.45) is 5.84 Å². The maximum atomic E-state index is 5.85. The quantitative estimate of drug-likeness (QED) is 0.628. The zero-order valence-corrected chi connectivity index (χ0v) is 11.3. The molecule has 0 saturated carbocycles. The Balaban J connectivity index is 2.07. The monoisotopic (exact) mass is 255 g/mol. The van der Waals surface area contributed by atoms with Gasteiger partial charge in [-0.25, -0.2) is 5.43 Å². The van der Waals surface area contributed by atoms with Gasteiger partial charge in [0.2, 0.25) is 0 Å². The summed E-state index contributed by atoms with van der Waals surface area (Å²) in [4.78, 5) is 4.97. The summed E-state index contributed by atoms with van der Waals surface area (Å²) in [6.07, 6.45) is 0.145. The van der Waals surface area contributed by atoms with Crippen molar-refractivity contribution in [2.45, 2.75) is 26.0 Å². The van der Waals surface area contributed by atoms with Crippen LogP contribution < -0.4 is 11.3 Å². The number of aryl methyl sites for hydroxylation is 1. The number of ether oxygens (including phenoxy) is 1. The van der Waals surface area contributed by atoms with Crippen LogP contribution in [0.3, 0.4) is 0 Å². The predicted octanol–water partition coefficient (Wildman–Crippen LogP) is 1.28. The largest absolute Gasteiger partial charge is 0.373 e. The van der Waals surface area contributed by atoms with E-state index in [4.69, 9.17) is 10.6 Å². The molecule has 3 N–H and O–H groups in total. The summed E-state index contributed by atoms with van der Waals surface area (Å²) < 4.78 is 5.85. The maximum Gasteiger partial charge on any atom is 0.0917 e. The number of hydrogen-bond donors (Lipinski definition) is 2. The van der Waals surface area contributed by atoms with Gasteiger partial charge in [-0.3, -0.25) is 10.7 Å². The zero-order valence-electron chi connectivity index (χ0n) is 10.5. The Bertz CT molecular complexity index is 355. The average molecular weight is 255 g/mol. The highest BCUT2D eigenvalue weighted by Crippen LogP contribution is 2.27. The highest BCUT2D eigenvalue weighted by molar-refractivity contribution is 7.12. The van der Waals surface area contributed by atoms with Crippen LogP contribution in [0.25, 0.3) is 0 Å². The molecule has 2 rings (SSSR count). The second-order valence-corrected chi connectivity index (χ2v) is 5.71. The lowest BCUT2D eigenvalue weighted by atomic mass is 10.1. The number of nitrogens with two attached hydrogens (primary N) is 1. The van der Waals surface area contributed by atoms with Crippen LogP contribution in [0.4, 0.5) is 0 Å². The van der Waals surface area contributed by atoms with E-state index in [2.05, 4.69) is 36.3 Å². The normalized spacial score (nSPS) is 23.8. The standard InChI is InChI=1S/C12H21N3OS/c1-3-15-6-7-16-10(8-15)12(14-13)11-5-4-9(2)17-11/h4-5,10,12,14H,3,6-8,13H2,1-2H3. The lowest BCUT2D eigenvalue weighted by Crippen LogP contribution is -2.49. The van der Waals surface area contributed by atoms with Crippen molar-refractivity contribution in [1.29, 1.82) is 0 Å². The molecule has 0 aromatic carbocycles. The van der Waals surface area contributed by atoms with Crippen LogP contribution in [0.2, 0.25) is 0 Å². The molecular weight excluding hydrogens is 234 g/mol. The average Bonchev–Trinajstić information content (AvgIpc) is 2.77. The Morgan fingerprint density at radius 2 is 2.47 bits per heavy atom. The van der Waals surface area contributed by atoms with E-state index in [9.17, 15) is 0 Å². The molecule has 1 aromatic heterocycles. The van der Waals surface area contributed by atoms with Crippen molar-refractivity contribution in [3.63, 3.8) is 0 Å². The fourth-order valence-corrected chi connectivity index (χ4v) is 3.20. The van der Waals surface area contributed by atoms with Crippen molar-refractivity contribution in [3.05, 3.63) is 21.9 Å². The molecule has 1 aromatic rings. The van der Waals surface area contributed by atoms with E-state index in [1.54, 1.807) is 11.3 Å². The van der Waals surface area contributed by atoms with E-state index in [0.717, 1.165) is 26.2 Å². The molecule has 1 aliphatic rings. The summed E-state index contributed by atoms with van der Waals surface area (Å²) in [6, 6.07) is 4.37. The molecule has 4 nitrogen and oxygen atoms in total. The molecule has 0 amide bonds. The Morgan fingerprint density at radius 1 is 1.65 bits per heavy atom. The summed E-state index contributed by atoms with van der Waals surface area (Å²) in [7, 11) is 0. The molecule has 2 heterocycles. The zero-order chi connectivity index (χ0) is 12.3. The first-order chi connectivity index (χ1) is 8.24. The summed E-state index contributed by atoms with van der Waals surface area (Å²) in [5.74, 6) is 5.69. The molecule has 0 bridgehead atoms. The van der Waals surface area contributed by atoms with Gasteiger partial charge >= 0.3 is 0 Å². The third-order valence-electron chi connectivity index (χ3n) is 3.24. The Morgan fingerprint density at radius 3 is 3.06 bits per heavy atom. The number of morpholine rings is 1. The minimum Gasteiger partial charge on any atom is -0.373 e. The third kappa shape index (κ3) is 3.05. The van der Waals surface area contributed by atoms with Gasteiger partial charge in [0.15, 0.2) is 0 Å². The van der Waals surface area contributed by atoms with Crippen LogP contribution in [0.1, 0.15) is 22.7 Å². The topological polar surface area (TPSA) is 50.5 Å². The first kappa shape index (κ1) is 13.0. The van der Waals surface area contributed by atoms with E-state index in [-0.39, 0.29) is 12.1 Å². The fraction of sp³-hybridized carbons (Fsp3) is 0.667. The van der Waals surface area contributed by atoms with E-state index >= 15 is 0 Å². The third-order valence-corrected chi connectivity index (χ3v) is 4.33. The Kier molecular flexibility index (Phi) is 4.53. The second-order valence-electron chi connectivity index (χ2n) is 4.40. The van der Waals surface area contributed by atoms with Crippen molar-refractivity contribution < 1.29 is 4.74 Å². The first-order valence-corrected chi connectivity index (χ1v) is 6.92. The summed E-state index contributed by atoms with van der Waals surface area (Å²) in [5, 5.41) is 0. The first-order valence-electron chi connectivity index (χ1n) is 6.11. The smallest absolute Gasteiger partial charge is 0.0917 e. The lowest BCUT2D eigenvalue weighted by Gasteiger charge is -2.35. The molecule has 1 aliphatic heterocycles. The van der Waals surface area contributed by atoms with Gasteiger partial charge in [0.25, 0.3) is 0 Å². The van der Waals surface area contributed by atoms with Gasteiger partial charge < -0.3 is 4.74 Å². The summed E-state index contributed by atoms with van der Waals surface area (Å²) in [6.45, 7) is 8.13. The Hall–Kier alpha value is -0.460. The van der Waals surface area contributed by atoms with Crippen molar-refractivity contribution in [2.75, 3.05) is 26.2 Å². The molecule has 2 atom stereocenters. The number of hydrazine groups is 1. The van der Waals surface area contributed by atoms with Crippen molar-refractivity contribution in [3.8, 4) is 0 Å². The second kappa shape index (κ2) is 5.93. The number of likely N-dealkylation sites (N-methyl/N-ethyl adjacent to an activating group) is 1. The van der Waals surface area contributed by atoms with Gasteiger partial charge in [-0.05, 0) is 25.6 Å². The van der Waals surface area contributed by atoms with Gasteiger partial charge in [-0.15, -0.1) is 11.3 Å². The highest BCUT2D eigenvalue weighted by Gasteiger charge is 2.28. The number of nitrogens with zero attached hydrogens (tertiary/aromatic N) is 1. The molecular formula is C12H21N3OS. The van der Waals surface area contributed by atoms with Crippen molar-refractivity contribution >= 4 is 11.3 Å². The van der Waals surface area contributed by atoms with Gasteiger partial charge in [0.05, 0.1) is 18.8 Å². The minimum atomic E-state index is 0.100. The molecule has 0 aliphatic carbocycles. The number of hydrogen-bond acceptors (Lipinski definition) is 5. The van der Waals surface area contributed by atoms with E-state index in [1.165, 1.54) is 9.75 Å². The molecule has 0 radical (unpaired) electrons. The van der Waals surface area contributed by atoms with Crippen LogP contribution in [0.15, 0.2) is 12.1 Å². The van der Waals surface area contributed by atoms with Crippen LogP contribution in [-0.4, -0.2) is 37.2 Å². The van der Waals surface area contributed by atoms with E-state index in [0.29, 0.717) is 0 Å². The van der Waals surface area contributed by atoms with Crippen LogP contribution in [0.5, 0.6) is 0 Å². The summed E-state index contributed by atoms with van der Waals surface area (Å²) >= 11 is 1.78. The number of thiophene rings is 1. The molecule has 0 spiro atoms. The van der Waals surface area contributed by atoms with Crippen LogP contribution >= 0.6 is 11.3 Å². The maximum absolute atomic E-state index is 5.85. The SMILES string of the molecule is CCN1CCOC(C(NN)c2ccc(C)s2)C1. The van der Waals surface area contributed by atoms with Crippen molar-refractivity contribution in [1.82, 2.24) is 10.3 Å². The summed E-state index contributed by atoms with van der Waals surface area (Å²) in [5.41, 5.74) is 2.90. The number of rotatable bonds is 4. The highest BCUT2D eigenvalue weighted by atomic mass is 32.1. The van der Waals surface area contributed by atoms with Gasteiger partial charge in [-0.1, -0.05) is 6.92 Å². The van der Waals surface area contributed by atoms with Crippen LogP contribution in [-0.2, 0) is 4.74 Å². The fourth-order valence-electron chi connectivity index (χ4n) is 2.21. The van der Waals surface area contributed by atoms with Gasteiger partial charge in [0.1, 0.15) is 0 Å². The lowest BCUT2D eigenvalue weighted by molar-refractivity contribution is -0.0450. The number of nitrogens with one attached hydrogen (secondary N) is 1. The van der Waals surface area contributed by atoms with Crippen LogP contribution in [0, 0.1) is 6.92 Å². The molecule has 1 fully saturated rings. The van der Waals surface area contributed by atoms with E-state index < -0.39 is 0 Å². The Labute approximate surface area is 107 Å². The molecule has 2 unspecified atom stereocenters. The van der Waals surface area contributed by atoms with Gasteiger partial charge in [-0.2, -0.15) is 0 Å². The molecule has 96 valence electrons. The minimum absolute atomic E-state index is 0.100. The van der Waals surface area contributed by atoms with Gasteiger partial charge in [0, 0.05) is 22.8 Å². The molecule has 17 heavy (non-hydrogen) atoms.